The summed E-state index contributed by atoms with van der Waals surface area (Å²) in [6.07, 6.45) is 0.458. The summed E-state index contributed by atoms with van der Waals surface area (Å²) in [5.74, 6) is -6.07. The fraction of sp³-hybridized carbons (Fsp3) is 0.750. The Morgan fingerprint density at radius 2 is 1.28 bits per heavy atom. The summed E-state index contributed by atoms with van der Waals surface area (Å²) in [4.78, 5) is 32.7. The lowest BCUT2D eigenvalue weighted by Crippen LogP contribution is -2.34. The molecule has 104 valence electrons. The van der Waals surface area contributed by atoms with Gasteiger partial charge in [-0.2, -0.15) is 0 Å². The third-order valence-electron chi connectivity index (χ3n) is 3.16. The number of carbonyl (C=O) groups is 3. The number of carboxylic acids is 3. The van der Waals surface area contributed by atoms with Crippen LogP contribution in [0.15, 0.2) is 0 Å². The van der Waals surface area contributed by atoms with Crippen molar-refractivity contribution >= 4 is 17.9 Å². The molecule has 6 heteroatoms. The van der Waals surface area contributed by atoms with Gasteiger partial charge in [-0.3, -0.25) is 9.59 Å². The van der Waals surface area contributed by atoms with Gasteiger partial charge in [-0.05, 0) is 31.6 Å². The molecule has 0 amide bonds. The molecule has 0 aliphatic heterocycles. The van der Waals surface area contributed by atoms with E-state index in [1.165, 1.54) is 0 Å². The maximum atomic E-state index is 11.0. The van der Waals surface area contributed by atoms with E-state index in [9.17, 15) is 19.5 Å². The second kappa shape index (κ2) is 7.68. The first-order valence-electron chi connectivity index (χ1n) is 5.99. The Hall–Kier alpha value is -1.59. The first-order chi connectivity index (χ1) is 8.33. The molecule has 6 nitrogen and oxygen atoms in total. The monoisotopic (exact) mass is 259 g/mol. The van der Waals surface area contributed by atoms with Crippen LogP contribution in [0, 0.1) is 17.8 Å². The number of rotatable bonds is 9. The summed E-state index contributed by atoms with van der Waals surface area (Å²) in [5, 5.41) is 28.7. The van der Waals surface area contributed by atoms with Crippen LogP contribution in [0.2, 0.25) is 0 Å². The average molecular weight is 259 g/mol. The molecule has 3 unspecified atom stereocenters. The molecule has 18 heavy (non-hydrogen) atoms. The van der Waals surface area contributed by atoms with Crippen molar-refractivity contribution in [1.82, 2.24) is 0 Å². The van der Waals surface area contributed by atoms with E-state index in [-0.39, 0.29) is 19.3 Å². The van der Waals surface area contributed by atoms with Crippen LogP contribution in [0.5, 0.6) is 0 Å². The second-order valence-corrected chi connectivity index (χ2v) is 4.37. The molecule has 0 spiro atoms. The van der Waals surface area contributed by atoms with E-state index < -0.39 is 35.7 Å². The zero-order chi connectivity index (χ0) is 14.3. The summed E-state index contributed by atoms with van der Waals surface area (Å²) in [7, 11) is 0. The van der Waals surface area contributed by atoms with Crippen molar-refractivity contribution in [3.05, 3.63) is 0 Å². The van der Waals surface area contributed by atoms with Gasteiger partial charge < -0.3 is 20.1 Å². The molecule has 0 aliphatic carbocycles. The molecule has 0 rings (SSSR count). The summed E-state index contributed by atoms with van der Waals surface area (Å²) < 4.78 is 0. The van der Waals surface area contributed by atoms with E-state index in [0.717, 1.165) is 0 Å². The average Bonchev–Trinajstić information content (AvgIpc) is 2.27. The zero-order valence-electron chi connectivity index (χ0n) is 10.6. The van der Waals surface area contributed by atoms with Crippen molar-refractivity contribution in [2.24, 2.45) is 17.8 Å². The minimum absolute atomic E-state index is 0.0506. The number of carbonyl (C=O) groups excluding carboxylic acids is 1. The fourth-order valence-corrected chi connectivity index (χ4v) is 1.86. The van der Waals surface area contributed by atoms with Gasteiger partial charge in [0, 0.05) is 5.97 Å². The fourth-order valence-electron chi connectivity index (χ4n) is 1.86. The predicted octanol–water partition coefficient (Wildman–Crippen LogP) is 0.354. The van der Waals surface area contributed by atoms with E-state index in [1.807, 2.05) is 0 Å². The molecule has 0 aromatic rings. The number of hydrogen-bond donors (Lipinski definition) is 2. The van der Waals surface area contributed by atoms with Crippen LogP contribution in [0.3, 0.4) is 0 Å². The van der Waals surface area contributed by atoms with E-state index in [1.54, 1.807) is 13.8 Å². The zero-order valence-corrected chi connectivity index (χ0v) is 10.6. The molecule has 0 saturated heterocycles. The molecule has 0 bridgehead atoms. The summed E-state index contributed by atoms with van der Waals surface area (Å²) >= 11 is 0. The summed E-state index contributed by atoms with van der Waals surface area (Å²) in [6, 6.07) is 0. The van der Waals surface area contributed by atoms with Gasteiger partial charge in [-0.15, -0.1) is 0 Å². The smallest absolute Gasteiger partial charge is 0.306 e. The number of aliphatic carboxylic acids is 3. The Labute approximate surface area is 106 Å². The van der Waals surface area contributed by atoms with Crippen molar-refractivity contribution < 1.29 is 29.7 Å². The van der Waals surface area contributed by atoms with Crippen LogP contribution in [0.25, 0.3) is 0 Å². The molecular formula is C12H19O6-. The Bertz CT molecular complexity index is 288. The standard InChI is InChI=1S/C12H20O6/c1-3-7(10(13)14)5-9(12(17)18)6-8(4-2)11(15)16/h7-9H,3-6H2,1-2H3,(H,13,14)(H,15,16)(H,17,18)/p-1. The van der Waals surface area contributed by atoms with Gasteiger partial charge in [0.25, 0.3) is 0 Å². The summed E-state index contributed by atoms with van der Waals surface area (Å²) in [5.41, 5.74) is 0. The van der Waals surface area contributed by atoms with Gasteiger partial charge >= 0.3 is 11.9 Å². The van der Waals surface area contributed by atoms with E-state index in [2.05, 4.69) is 0 Å². The van der Waals surface area contributed by atoms with Crippen molar-refractivity contribution in [3.8, 4) is 0 Å². The van der Waals surface area contributed by atoms with Crippen LogP contribution in [0.4, 0.5) is 0 Å². The first kappa shape index (κ1) is 16.4. The van der Waals surface area contributed by atoms with Gasteiger partial charge in [0.2, 0.25) is 0 Å². The Morgan fingerprint density at radius 3 is 1.56 bits per heavy atom. The van der Waals surface area contributed by atoms with E-state index in [4.69, 9.17) is 10.2 Å². The molecular weight excluding hydrogens is 240 g/mol. The van der Waals surface area contributed by atoms with E-state index in [0.29, 0.717) is 6.42 Å². The lowest BCUT2D eigenvalue weighted by molar-refractivity contribution is -0.312. The molecule has 0 radical (unpaired) electrons. The summed E-state index contributed by atoms with van der Waals surface area (Å²) in [6.45, 7) is 3.29. The normalized spacial score (nSPS) is 15.7. The largest absolute Gasteiger partial charge is 0.550 e. The minimum Gasteiger partial charge on any atom is -0.550 e. The number of hydrogen-bond acceptors (Lipinski definition) is 4. The highest BCUT2D eigenvalue weighted by atomic mass is 16.4. The Morgan fingerprint density at radius 1 is 0.889 bits per heavy atom. The van der Waals surface area contributed by atoms with Crippen molar-refractivity contribution in [1.29, 1.82) is 0 Å². The van der Waals surface area contributed by atoms with Gasteiger partial charge in [-0.25, -0.2) is 0 Å². The van der Waals surface area contributed by atoms with Gasteiger partial charge in [0.1, 0.15) is 0 Å². The predicted molar refractivity (Wildman–Crippen MR) is 60.6 cm³/mol. The third kappa shape index (κ3) is 5.16. The molecule has 0 fully saturated rings. The lowest BCUT2D eigenvalue weighted by Gasteiger charge is -2.22. The number of carboxylic acid groups (broad SMARTS) is 3. The van der Waals surface area contributed by atoms with Crippen molar-refractivity contribution in [3.63, 3.8) is 0 Å². The maximum Gasteiger partial charge on any atom is 0.306 e. The highest BCUT2D eigenvalue weighted by Gasteiger charge is 2.28. The van der Waals surface area contributed by atoms with E-state index >= 15 is 0 Å². The van der Waals surface area contributed by atoms with Crippen LogP contribution < -0.4 is 5.11 Å². The molecule has 0 aromatic heterocycles. The quantitative estimate of drug-likeness (QED) is 0.617. The Balaban J connectivity index is 4.71. The maximum absolute atomic E-state index is 11.0. The topological polar surface area (TPSA) is 115 Å². The second-order valence-electron chi connectivity index (χ2n) is 4.37. The SMILES string of the molecule is CCC(CC(CC(CC)C(=O)O)C(=O)O)C(=O)[O-]. The lowest BCUT2D eigenvalue weighted by atomic mass is 9.85. The third-order valence-corrected chi connectivity index (χ3v) is 3.16. The molecule has 0 saturated carbocycles. The Kier molecular flexibility index (Phi) is 7.00. The molecule has 2 N–H and O–H groups in total. The first-order valence-corrected chi connectivity index (χ1v) is 5.99. The molecule has 0 aliphatic rings. The van der Waals surface area contributed by atoms with Crippen LogP contribution in [-0.2, 0) is 14.4 Å². The van der Waals surface area contributed by atoms with Gasteiger partial charge in [0.05, 0.1) is 11.8 Å². The van der Waals surface area contributed by atoms with Crippen molar-refractivity contribution in [2.75, 3.05) is 0 Å². The van der Waals surface area contributed by atoms with Crippen LogP contribution in [-0.4, -0.2) is 28.1 Å². The van der Waals surface area contributed by atoms with Crippen LogP contribution >= 0.6 is 0 Å². The van der Waals surface area contributed by atoms with Crippen LogP contribution in [0.1, 0.15) is 39.5 Å². The molecule has 0 heterocycles. The molecule has 3 atom stereocenters. The molecule has 0 aromatic carbocycles. The van der Waals surface area contributed by atoms with Crippen molar-refractivity contribution in [2.45, 2.75) is 39.5 Å². The minimum atomic E-state index is -1.29. The van der Waals surface area contributed by atoms with Gasteiger partial charge in [-0.1, -0.05) is 13.8 Å². The van der Waals surface area contributed by atoms with Gasteiger partial charge in [0.15, 0.2) is 0 Å². The highest BCUT2D eigenvalue weighted by molar-refractivity contribution is 5.75. The highest BCUT2D eigenvalue weighted by Crippen LogP contribution is 2.24.